The van der Waals surface area contributed by atoms with E-state index < -0.39 is 121 Å². The third-order valence-electron chi connectivity index (χ3n) is 27.9. The van der Waals surface area contributed by atoms with Gasteiger partial charge in [0, 0.05) is 381 Å². The van der Waals surface area contributed by atoms with Crippen LogP contribution in [0.1, 0.15) is 109 Å². The predicted molar refractivity (Wildman–Crippen MR) is 654 cm³/mol. The van der Waals surface area contributed by atoms with Gasteiger partial charge in [0.25, 0.3) is 0 Å². The molecule has 142 heavy (non-hydrogen) atoms. The van der Waals surface area contributed by atoms with Crippen LogP contribution in [-0.4, -0.2) is 380 Å². The number of para-hydroxylation sites is 4. The van der Waals surface area contributed by atoms with Gasteiger partial charge in [0.05, 0.1) is 48.8 Å². The Hall–Kier alpha value is -5.76. The number of hydrogen-bond donors (Lipinski definition) is 2. The zero-order valence-corrected chi connectivity index (χ0v) is 86.2. The van der Waals surface area contributed by atoms with E-state index in [9.17, 15) is 10.2 Å². The van der Waals surface area contributed by atoms with Crippen molar-refractivity contribution in [3.8, 4) is 90.1 Å². The lowest BCUT2D eigenvalue weighted by molar-refractivity contribution is 0.187. The highest BCUT2D eigenvalue weighted by Gasteiger charge is 2.72. The lowest BCUT2D eigenvalue weighted by Crippen LogP contribution is -2.85. The van der Waals surface area contributed by atoms with E-state index in [4.69, 9.17) is 216 Å². The minimum atomic E-state index is -0.960. The molecule has 2 saturated heterocycles. The first-order valence-electron chi connectivity index (χ1n) is 48.3. The average molecular weight is 1850 g/mol. The molecule has 2 aliphatic heterocycles. The molecule has 0 bridgehead atoms. The second kappa shape index (κ2) is 52.1. The van der Waals surface area contributed by atoms with Gasteiger partial charge in [0.2, 0.25) is 0 Å². The van der Waals surface area contributed by atoms with Crippen molar-refractivity contribution < 1.29 is 47.8 Å². The summed E-state index contributed by atoms with van der Waals surface area (Å²) in [6, 6.07) is 63.3. The number of hydrogen-bond acceptors (Lipinski definition) is 10. The Labute approximate surface area is 897 Å². The van der Waals surface area contributed by atoms with Crippen molar-refractivity contribution in [2.45, 2.75) is 145 Å². The van der Waals surface area contributed by atoms with E-state index in [-0.39, 0.29) is 48.1 Å². The Morgan fingerprint density at radius 1 is 0.296 bits per heavy atom. The van der Waals surface area contributed by atoms with Gasteiger partial charge in [-0.1, -0.05) is 166 Å². The van der Waals surface area contributed by atoms with Crippen LogP contribution in [-0.2, 0) is 18.6 Å². The van der Waals surface area contributed by atoms with Gasteiger partial charge in [-0.15, -0.1) is 0 Å². The van der Waals surface area contributed by atoms with Crippen LogP contribution in [0.15, 0.2) is 193 Å². The third-order valence-corrected chi connectivity index (χ3v) is 28.7. The number of phenols is 2. The van der Waals surface area contributed by atoms with E-state index in [0.717, 1.165) is 108 Å². The summed E-state index contributed by atoms with van der Waals surface area (Å²) in [5.74, 6) is 3.50. The molecule has 0 aromatic heterocycles. The van der Waals surface area contributed by atoms with E-state index in [2.05, 4.69) is 180 Å². The number of ether oxygens (including phenoxy) is 4. The van der Waals surface area contributed by atoms with Gasteiger partial charge in [-0.05, 0) is 213 Å². The van der Waals surface area contributed by atoms with Crippen LogP contribution in [0.3, 0.4) is 0 Å². The maximum atomic E-state index is 11.5. The molecule has 2 saturated carbocycles. The molecule has 0 amide bonds. The van der Waals surface area contributed by atoms with Crippen molar-refractivity contribution in [2.75, 3.05) is 26.4 Å². The van der Waals surface area contributed by atoms with Crippen molar-refractivity contribution >= 4 is 347 Å². The number of fused-ring (bicyclic) bond motifs is 2. The smallest absolute Gasteiger partial charge is 0.498 e. The number of halogens is 1. The first-order valence-corrected chi connectivity index (χ1v) is 49.1. The Bertz CT molecular complexity index is 5530. The van der Waals surface area contributed by atoms with E-state index in [1.807, 2.05) is 121 Å². The van der Waals surface area contributed by atoms with Crippen LogP contribution in [0.2, 0.25) is 0 Å². The molecule has 10 aromatic rings. The Balaban J connectivity index is 0.000000194. The second-order valence-corrected chi connectivity index (χ2v) is 40.4. The molecule has 10 aromatic carbocycles. The topological polar surface area (TPSA) is 114 Å². The van der Waals surface area contributed by atoms with Gasteiger partial charge >= 0.3 is 14.2 Å². The minimum Gasteiger partial charge on any atom is -0.507 e. The predicted octanol–water partition coefficient (Wildman–Crippen LogP) is 3.30. The van der Waals surface area contributed by atoms with Crippen LogP contribution in [0.25, 0.3) is 55.6 Å². The highest BCUT2D eigenvalue weighted by molar-refractivity contribution is 9.10. The molecule has 56 heteroatoms. The lowest BCUT2D eigenvalue weighted by Gasteiger charge is -2.47. The summed E-state index contributed by atoms with van der Waals surface area (Å²) >= 11 is 3.63. The molecular weight excluding hydrogens is 1760 g/mol. The zero-order chi connectivity index (χ0) is 105. The normalized spacial score (nSPS) is 16.2. The molecule has 14 rings (SSSR count). The first-order chi connectivity index (χ1) is 66.8. The van der Waals surface area contributed by atoms with Crippen LogP contribution in [0.4, 0.5) is 0 Å². The van der Waals surface area contributed by atoms with Gasteiger partial charge in [-0.3, -0.25) is 0 Å². The summed E-state index contributed by atoms with van der Waals surface area (Å²) in [5.41, 5.74) is 22.6. The molecular formula is C86H91B45BrO10. The highest BCUT2D eigenvalue weighted by atomic mass is 79.9. The molecule has 2 N–H and O–H groups in total. The number of aryl methyl sites for hydroxylation is 9. The van der Waals surface area contributed by atoms with E-state index in [1.165, 1.54) is 56.0 Å². The Morgan fingerprint density at radius 3 is 0.852 bits per heavy atom. The third kappa shape index (κ3) is 29.3. The Kier molecular flexibility index (Phi) is 43.4. The molecule has 4 aliphatic rings. The molecule has 637 valence electrons. The van der Waals surface area contributed by atoms with Crippen molar-refractivity contribution in [3.63, 3.8) is 0 Å². The fourth-order valence-corrected chi connectivity index (χ4v) is 20.5. The summed E-state index contributed by atoms with van der Waals surface area (Å²) in [6.45, 7) is 31.4. The standard InChI is InChI=1S/C45H44O4.C25H30B2O6.C16H17Br.B25.B18/c1-28-16-18-34(32(5)22-28)38-24-30(3)26-40(44(38)46)36-12-7-9-14-42(36)48-20-11-21-49-43-15-10-8-13-37(43)41-27-31(4)25-39(45(41)47)35-19-17-29(2)23-33(35)6;1-22-16-23(22,2)31-26(30-22)18-10-5-7-12-20(18)28-14-9-15-29-21-13-8-6-11-19(21)27-32-24(3)17-25(24,4)33-27;1-10-5-6-14(12(3)7-10)15-8-11(2)9-16(17)13(15)4;1-14-21(15(2)3)24(20(12)13)25(22(16(4)5)17(6)7)23(18(8)9)19(10)11;1-11(2)16(12(3)4)18(15(9)10)17(13(5)6)14(7)8/h7-10,12-19,22-27,46-47H,11,20-21H2,1-6H3;5-8,10-13H,9,14-17H2,1-4H3;5-9H,1-4H3;;. The SMILES string of the molecule is CC12CC1(C)OB(c1ccccc1OCCCOc1ccccc1B1OC3(C)CC3(C)O1)O2.Cc1ccc(-c2cc(C)cc(-c3ccccc3OCCCOc3ccccc3-c3cc(C)cc(-c4ccc(C)cc4C)c3O)c2O)c(C)c1.Cc1ccc(-c2cc(C)cc(Br)c2C)c(C)c1.[B]B([B])B(B([B])[B])B(B([B])[B])B(B([B])[B])B([B])[B].[B][B]B(B([B])[B])B(B([B])[B])B(B(B([B])[B])B([B])[B])B(B([B])[B])B([B])[B]. The van der Waals surface area contributed by atoms with Gasteiger partial charge in [-0.2, -0.15) is 0 Å². The summed E-state index contributed by atoms with van der Waals surface area (Å²) in [5, 5.41) is 23.1. The molecule has 4 atom stereocenters. The van der Waals surface area contributed by atoms with Gasteiger partial charge < -0.3 is 47.8 Å². The van der Waals surface area contributed by atoms with Gasteiger partial charge in [-0.25, -0.2) is 0 Å². The summed E-state index contributed by atoms with van der Waals surface area (Å²) in [6.07, 6.45) is -12.0. The molecule has 4 unspecified atom stereocenters. The fraction of sp³-hybridized carbons (Fsp3) is 0.302. The van der Waals surface area contributed by atoms with Crippen LogP contribution in [0, 0.1) is 69.2 Å². The fourth-order valence-electron chi connectivity index (χ4n) is 19.9. The van der Waals surface area contributed by atoms with Gasteiger partial charge in [0.1, 0.15) is 34.5 Å². The van der Waals surface area contributed by atoms with Crippen LogP contribution >= 0.6 is 15.9 Å². The first kappa shape index (κ1) is 118. The van der Waals surface area contributed by atoms with E-state index in [0.29, 0.717) is 44.3 Å². The lowest BCUT2D eigenvalue weighted by atomic mass is 8.35. The van der Waals surface area contributed by atoms with Crippen molar-refractivity contribution in [3.05, 3.63) is 248 Å². The maximum Gasteiger partial charge on any atom is 0.498 e. The highest BCUT2D eigenvalue weighted by Crippen LogP contribution is 2.59. The minimum absolute atomic E-state index is 0.186. The number of benzene rings is 10. The maximum absolute atomic E-state index is 11.5. The Morgan fingerprint density at radius 2 is 0.556 bits per heavy atom. The number of phenolic OH excluding ortho intramolecular Hbond substituents is 2. The molecule has 4 fully saturated rings. The van der Waals surface area contributed by atoms with E-state index >= 15 is 0 Å². The van der Waals surface area contributed by atoms with Crippen molar-refractivity contribution in [1.29, 1.82) is 0 Å². The van der Waals surface area contributed by atoms with Crippen LogP contribution < -0.4 is 29.9 Å². The molecule has 2 aliphatic carbocycles. The zero-order valence-electron chi connectivity index (χ0n) is 84.6. The second-order valence-electron chi connectivity index (χ2n) is 39.5. The molecule has 47 radical (unpaired) electrons. The van der Waals surface area contributed by atoms with E-state index in [1.54, 1.807) is 0 Å². The van der Waals surface area contributed by atoms with Crippen molar-refractivity contribution in [1.82, 2.24) is 0 Å². The number of aromatic hydroxyl groups is 2. The van der Waals surface area contributed by atoms with Crippen LogP contribution in [0.5, 0.6) is 34.5 Å². The summed E-state index contributed by atoms with van der Waals surface area (Å²) in [7, 11) is 134. The largest absolute Gasteiger partial charge is 0.507 e. The summed E-state index contributed by atoms with van der Waals surface area (Å²) < 4.78 is 50.7. The number of rotatable bonds is 37. The van der Waals surface area contributed by atoms with Crippen molar-refractivity contribution in [2.24, 2.45) is 0 Å². The monoisotopic (exact) mass is 1860 g/mol. The molecule has 0 spiro atoms. The molecule has 10 nitrogen and oxygen atoms in total. The summed E-state index contributed by atoms with van der Waals surface area (Å²) in [4.78, 5) is 0. The molecule has 2 heterocycles. The quantitative estimate of drug-likeness (QED) is 0.0445. The average Bonchev–Trinajstić information content (AvgIpc) is 1.53. The van der Waals surface area contributed by atoms with Gasteiger partial charge in [0.15, 0.2) is 0 Å².